The van der Waals surface area contributed by atoms with Gasteiger partial charge in [-0.2, -0.15) is 8.42 Å². The lowest BCUT2D eigenvalue weighted by Crippen LogP contribution is -2.17. The number of ether oxygens (including phenoxy) is 1. The van der Waals surface area contributed by atoms with Crippen LogP contribution in [0.15, 0.2) is 68.2 Å². The van der Waals surface area contributed by atoms with Crippen LogP contribution in [0.4, 0.5) is 13.2 Å². The van der Waals surface area contributed by atoms with Crippen LogP contribution >= 0.6 is 0 Å². The molecule has 2 aromatic rings. The first kappa shape index (κ1) is 18.3. The second-order valence-electron chi connectivity index (χ2n) is 4.68. The maximum atomic E-state index is 12.5. The van der Waals surface area contributed by atoms with E-state index < -0.39 is 31.9 Å². The van der Waals surface area contributed by atoms with Gasteiger partial charge < -0.3 is 4.74 Å². The van der Waals surface area contributed by atoms with Crippen LogP contribution in [0.3, 0.4) is 0 Å². The summed E-state index contributed by atoms with van der Waals surface area (Å²) in [6.45, 7) is 0. The Morgan fingerprint density at radius 3 is 1.92 bits per heavy atom. The fourth-order valence-electron chi connectivity index (χ4n) is 1.76. The lowest BCUT2D eigenvalue weighted by atomic mass is 10.3. The van der Waals surface area contributed by atoms with Crippen LogP contribution in [0.2, 0.25) is 0 Å². The van der Waals surface area contributed by atoms with Crippen LogP contribution in [-0.2, 0) is 19.8 Å². The summed E-state index contributed by atoms with van der Waals surface area (Å²) in [4.78, 5) is -0.159. The molecule has 0 heterocycles. The second-order valence-corrected chi connectivity index (χ2v) is 8.78. The molecule has 0 aliphatic heterocycles. The van der Waals surface area contributed by atoms with Gasteiger partial charge in [-0.3, -0.25) is 0 Å². The van der Waals surface area contributed by atoms with E-state index in [0.29, 0.717) is 0 Å². The zero-order chi connectivity index (χ0) is 18.0. The third kappa shape index (κ3) is 4.71. The molecule has 24 heavy (non-hydrogen) atoms. The number of alkyl halides is 3. The molecule has 0 N–H and O–H groups in total. The monoisotopic (exact) mass is 379 g/mol. The highest BCUT2D eigenvalue weighted by Crippen LogP contribution is 2.25. The molecule has 0 aliphatic carbocycles. The first-order valence-corrected chi connectivity index (χ1v) is 9.75. The number of hydrogen-bond acceptors (Lipinski definition) is 4. The topological polar surface area (TPSA) is 72.8 Å². The average molecular weight is 379 g/mol. The van der Waals surface area contributed by atoms with Gasteiger partial charge in [0.05, 0.1) is 14.6 Å². The number of hydrogen-bond donors (Lipinski definition) is 0. The molecule has 0 aromatic heterocycles. The Balaban J connectivity index is 2.37. The van der Waals surface area contributed by atoms with Gasteiger partial charge >= 0.3 is 6.36 Å². The predicted octanol–water partition coefficient (Wildman–Crippen LogP) is 3.43. The smallest absolute Gasteiger partial charge is 0.406 e. The Kier molecular flexibility index (Phi) is 4.90. The highest BCUT2D eigenvalue weighted by molar-refractivity contribution is 8.03. The molecule has 2 aromatic carbocycles. The molecular formula is C14H12F3NO4S2. The minimum absolute atomic E-state index is 0.227. The van der Waals surface area contributed by atoms with Crippen molar-refractivity contribution >= 4 is 19.8 Å². The van der Waals surface area contributed by atoms with E-state index in [1.54, 1.807) is 18.2 Å². The molecule has 0 amide bonds. The zero-order valence-electron chi connectivity index (χ0n) is 12.2. The molecule has 0 spiro atoms. The van der Waals surface area contributed by atoms with E-state index in [0.717, 1.165) is 24.3 Å². The number of benzene rings is 2. The van der Waals surface area contributed by atoms with E-state index in [9.17, 15) is 25.8 Å². The third-order valence-corrected chi connectivity index (χ3v) is 6.71. The van der Waals surface area contributed by atoms with Crippen molar-refractivity contribution in [2.75, 3.05) is 6.26 Å². The van der Waals surface area contributed by atoms with Crippen molar-refractivity contribution in [3.8, 4) is 5.75 Å². The largest absolute Gasteiger partial charge is 0.573 e. The van der Waals surface area contributed by atoms with E-state index >= 15 is 0 Å². The molecule has 1 unspecified atom stereocenters. The van der Waals surface area contributed by atoms with Crippen LogP contribution in [-0.4, -0.2) is 25.2 Å². The first-order chi connectivity index (χ1) is 11.0. The fraction of sp³-hybridized carbons (Fsp3) is 0.143. The highest BCUT2D eigenvalue weighted by atomic mass is 32.3. The van der Waals surface area contributed by atoms with Crippen molar-refractivity contribution in [1.82, 2.24) is 0 Å². The predicted molar refractivity (Wildman–Crippen MR) is 81.5 cm³/mol. The molecule has 5 nitrogen and oxygen atoms in total. The number of nitrogens with zero attached hydrogens (tertiary/aromatic N) is 1. The van der Waals surface area contributed by atoms with Crippen LogP contribution < -0.4 is 4.74 Å². The Hall–Kier alpha value is -2.07. The van der Waals surface area contributed by atoms with Gasteiger partial charge in [-0.15, -0.1) is 16.9 Å². The molecule has 0 radical (unpaired) electrons. The lowest BCUT2D eigenvalue weighted by Gasteiger charge is -2.09. The fourth-order valence-corrected chi connectivity index (χ4v) is 5.09. The maximum absolute atomic E-state index is 12.5. The van der Waals surface area contributed by atoms with Crippen molar-refractivity contribution in [3.05, 3.63) is 54.6 Å². The van der Waals surface area contributed by atoms with Crippen molar-refractivity contribution in [1.29, 1.82) is 0 Å². The molecule has 0 saturated heterocycles. The minimum Gasteiger partial charge on any atom is -0.406 e. The zero-order valence-corrected chi connectivity index (χ0v) is 13.9. The molecule has 0 saturated carbocycles. The van der Waals surface area contributed by atoms with Gasteiger partial charge in [-0.1, -0.05) is 18.2 Å². The summed E-state index contributed by atoms with van der Waals surface area (Å²) in [5.74, 6) is -0.568. The molecule has 2 rings (SSSR count). The quantitative estimate of drug-likeness (QED) is 0.816. The molecule has 10 heteroatoms. The van der Waals surface area contributed by atoms with E-state index in [-0.39, 0.29) is 9.79 Å². The van der Waals surface area contributed by atoms with Crippen LogP contribution in [0.5, 0.6) is 5.75 Å². The van der Waals surface area contributed by atoms with Crippen molar-refractivity contribution < 1.29 is 30.5 Å². The minimum atomic E-state index is -4.88. The summed E-state index contributed by atoms with van der Waals surface area (Å²) in [6, 6.07) is 11.3. The van der Waals surface area contributed by atoms with E-state index in [2.05, 4.69) is 8.50 Å². The summed E-state index contributed by atoms with van der Waals surface area (Å²) < 4.78 is 80.3. The molecule has 1 atom stereocenters. The second kappa shape index (κ2) is 6.44. The van der Waals surface area contributed by atoms with Crippen LogP contribution in [0.25, 0.3) is 0 Å². The average Bonchev–Trinajstić information content (AvgIpc) is 2.46. The van der Waals surface area contributed by atoms with Crippen LogP contribution in [0, 0.1) is 0 Å². The molecule has 0 bridgehead atoms. The Morgan fingerprint density at radius 2 is 1.42 bits per heavy atom. The van der Waals surface area contributed by atoms with Gasteiger partial charge in [0.25, 0.3) is 10.0 Å². The standard InChI is InChI=1S/C14H12F3NO4S2/c1-23(19,12-5-3-2-4-6-12)18-24(20,21)13-9-7-11(8-10-13)22-14(15,16)17/h2-10H,1H3. The SMILES string of the molecule is CS(=O)(=NS(=O)(=O)c1ccc(OC(F)(F)F)cc1)c1ccccc1. The van der Waals surface area contributed by atoms with Crippen molar-refractivity contribution in [2.45, 2.75) is 16.2 Å². The Bertz CT molecular complexity index is 930. The summed E-state index contributed by atoms with van der Waals surface area (Å²) in [6.07, 6.45) is -3.71. The Labute approximate surface area is 137 Å². The normalized spacial score (nSPS) is 14.7. The molecule has 0 aliphatic rings. The lowest BCUT2D eigenvalue weighted by molar-refractivity contribution is -0.274. The van der Waals surface area contributed by atoms with Gasteiger partial charge in [0.2, 0.25) is 0 Å². The van der Waals surface area contributed by atoms with Crippen molar-refractivity contribution in [3.63, 3.8) is 0 Å². The third-order valence-electron chi connectivity index (χ3n) is 2.78. The summed E-state index contributed by atoms with van der Waals surface area (Å²) >= 11 is 0. The maximum Gasteiger partial charge on any atom is 0.573 e. The van der Waals surface area contributed by atoms with Gasteiger partial charge in [0.15, 0.2) is 0 Å². The van der Waals surface area contributed by atoms with Crippen LogP contribution in [0.1, 0.15) is 0 Å². The Morgan fingerprint density at radius 1 is 0.875 bits per heavy atom. The summed E-state index contributed by atoms with van der Waals surface area (Å²) in [5.41, 5.74) is 0. The molecule has 0 fully saturated rings. The highest BCUT2D eigenvalue weighted by Gasteiger charge is 2.31. The van der Waals surface area contributed by atoms with Crippen molar-refractivity contribution in [2.24, 2.45) is 3.77 Å². The van der Waals surface area contributed by atoms with Gasteiger partial charge in [-0.05, 0) is 36.4 Å². The van der Waals surface area contributed by atoms with E-state index in [1.165, 1.54) is 18.4 Å². The van der Waals surface area contributed by atoms with Gasteiger partial charge in [-0.25, -0.2) is 4.21 Å². The number of rotatable bonds is 4. The molecular weight excluding hydrogens is 367 g/mol. The first-order valence-electron chi connectivity index (χ1n) is 6.39. The summed E-state index contributed by atoms with van der Waals surface area (Å²) in [7, 11) is -7.54. The van der Waals surface area contributed by atoms with E-state index in [4.69, 9.17) is 0 Å². The summed E-state index contributed by atoms with van der Waals surface area (Å²) in [5, 5.41) is 0. The number of sulfonamides is 1. The van der Waals surface area contributed by atoms with Gasteiger partial charge in [0, 0.05) is 11.2 Å². The number of halogens is 3. The molecule has 130 valence electrons. The van der Waals surface area contributed by atoms with Gasteiger partial charge in [0.1, 0.15) is 5.75 Å². The van der Waals surface area contributed by atoms with E-state index in [1.807, 2.05) is 0 Å².